The molecule has 0 radical (unpaired) electrons. The Balaban J connectivity index is 5.21. The van der Waals surface area contributed by atoms with Gasteiger partial charge in [-0.15, -0.1) is 0 Å². The van der Waals surface area contributed by atoms with E-state index in [1.54, 1.807) is 0 Å². The van der Waals surface area contributed by atoms with Gasteiger partial charge in [-0.05, 0) is 31.6 Å². The zero-order valence-electron chi connectivity index (χ0n) is 73.1. The molecule has 660 valence electrons. The first-order valence-corrected chi connectivity index (χ1v) is 50.7. The van der Waals surface area contributed by atoms with Crippen molar-refractivity contribution in [2.75, 3.05) is 39.6 Å². The fraction of sp³-hybridized carbons (Fsp3) is 0.957. The van der Waals surface area contributed by atoms with Gasteiger partial charge in [0, 0.05) is 25.7 Å². The molecule has 0 saturated heterocycles. The summed E-state index contributed by atoms with van der Waals surface area (Å²) in [5.74, 6) is -1.22. The average molecular weight is 1620 g/mol. The molecule has 0 heterocycles. The standard InChI is InChI=1S/C92H180O17P2/c1-6-10-13-16-19-22-25-27-29-31-33-35-39-43-47-51-56-61-66-71-76-90(95)103-82-88(109-92(97)78-73-68-63-58-53-49-45-41-37-36-38-42-46-50-54-59-64-69-74-85(5)9-4)84-107-111(100,101)105-80-86(93)79-104-110(98,99)106-83-87(81-102-89(94)75-70-65-60-55-24-21-18-15-12-8-3)108-91(96)77-72-67-62-57-52-48-44-40-34-32-30-28-26-23-20-17-14-11-7-2/h85-88,93H,6-84H2,1-5H3,(H,98,99)(H,100,101)/t85?,86-,87+,88+/m0/s1. The minimum atomic E-state index is -4.97. The number of hydrogen-bond acceptors (Lipinski definition) is 15. The first-order chi connectivity index (χ1) is 54.1. The summed E-state index contributed by atoms with van der Waals surface area (Å²) in [6.45, 7) is 7.46. The third-order valence-corrected chi connectivity index (χ3v) is 24.0. The zero-order valence-corrected chi connectivity index (χ0v) is 74.9. The third-order valence-electron chi connectivity index (χ3n) is 22.1. The molecule has 0 aromatic heterocycles. The number of carbonyl (C=O) groups is 4. The maximum absolute atomic E-state index is 13.2. The smallest absolute Gasteiger partial charge is 0.462 e. The van der Waals surface area contributed by atoms with Crippen LogP contribution in [0, 0.1) is 5.92 Å². The fourth-order valence-electron chi connectivity index (χ4n) is 14.5. The average Bonchev–Trinajstić information content (AvgIpc) is 0.899. The van der Waals surface area contributed by atoms with Crippen LogP contribution in [0.1, 0.15) is 503 Å². The number of unbranched alkanes of at least 4 members (excludes halogenated alkanes) is 63. The first kappa shape index (κ1) is 109. The van der Waals surface area contributed by atoms with Gasteiger partial charge in [0.2, 0.25) is 0 Å². The van der Waals surface area contributed by atoms with Crippen LogP contribution in [-0.2, 0) is 65.4 Å². The van der Waals surface area contributed by atoms with Gasteiger partial charge in [0.05, 0.1) is 26.4 Å². The largest absolute Gasteiger partial charge is 0.472 e. The number of aliphatic hydroxyl groups excluding tert-OH is 1. The lowest BCUT2D eigenvalue weighted by Crippen LogP contribution is -2.30. The Kier molecular flexibility index (Phi) is 83.0. The van der Waals surface area contributed by atoms with Crippen LogP contribution < -0.4 is 0 Å². The molecule has 3 N–H and O–H groups in total. The second-order valence-corrected chi connectivity index (χ2v) is 36.2. The molecule has 0 aliphatic carbocycles. The molecule has 6 atom stereocenters. The van der Waals surface area contributed by atoms with Crippen molar-refractivity contribution >= 4 is 39.5 Å². The second-order valence-electron chi connectivity index (χ2n) is 33.3. The number of rotatable bonds is 92. The highest BCUT2D eigenvalue weighted by Crippen LogP contribution is 2.45. The Hall–Kier alpha value is -1.94. The quantitative estimate of drug-likeness (QED) is 0.0222. The molecule has 0 spiro atoms. The van der Waals surface area contributed by atoms with Crippen LogP contribution in [0.25, 0.3) is 0 Å². The van der Waals surface area contributed by atoms with Gasteiger partial charge < -0.3 is 33.8 Å². The molecule has 3 unspecified atom stereocenters. The number of esters is 4. The molecule has 0 aliphatic heterocycles. The van der Waals surface area contributed by atoms with Crippen LogP contribution in [0.5, 0.6) is 0 Å². The van der Waals surface area contributed by atoms with E-state index >= 15 is 0 Å². The van der Waals surface area contributed by atoms with E-state index in [1.165, 1.54) is 327 Å². The predicted octanol–water partition coefficient (Wildman–Crippen LogP) is 28.7. The zero-order chi connectivity index (χ0) is 81.1. The molecule has 0 saturated carbocycles. The Bertz CT molecular complexity index is 2100. The van der Waals surface area contributed by atoms with E-state index in [0.29, 0.717) is 25.7 Å². The highest BCUT2D eigenvalue weighted by molar-refractivity contribution is 7.47. The second kappa shape index (κ2) is 84.5. The van der Waals surface area contributed by atoms with Crippen molar-refractivity contribution in [2.45, 2.75) is 522 Å². The van der Waals surface area contributed by atoms with Crippen LogP contribution in [0.2, 0.25) is 0 Å². The Morgan fingerprint density at radius 1 is 0.252 bits per heavy atom. The van der Waals surface area contributed by atoms with Crippen molar-refractivity contribution in [3.05, 3.63) is 0 Å². The van der Waals surface area contributed by atoms with E-state index in [0.717, 1.165) is 95.8 Å². The molecule has 0 rings (SSSR count). The van der Waals surface area contributed by atoms with Crippen molar-refractivity contribution in [3.63, 3.8) is 0 Å². The highest BCUT2D eigenvalue weighted by atomic mass is 31.2. The maximum atomic E-state index is 13.2. The molecular weight excluding hydrogens is 1440 g/mol. The van der Waals surface area contributed by atoms with Crippen molar-refractivity contribution in [3.8, 4) is 0 Å². The Labute approximate surface area is 683 Å². The van der Waals surface area contributed by atoms with Crippen LogP contribution in [0.15, 0.2) is 0 Å². The topological polar surface area (TPSA) is 237 Å². The van der Waals surface area contributed by atoms with Crippen LogP contribution in [-0.4, -0.2) is 96.7 Å². The maximum Gasteiger partial charge on any atom is 0.472 e. The van der Waals surface area contributed by atoms with Gasteiger partial charge in [-0.3, -0.25) is 37.3 Å². The van der Waals surface area contributed by atoms with Gasteiger partial charge in [0.1, 0.15) is 19.3 Å². The number of carbonyl (C=O) groups excluding carboxylic acids is 4. The molecule has 0 fully saturated rings. The van der Waals surface area contributed by atoms with E-state index in [9.17, 15) is 43.2 Å². The summed E-state index contributed by atoms with van der Waals surface area (Å²) in [7, 11) is -9.93. The van der Waals surface area contributed by atoms with Crippen molar-refractivity contribution in [1.29, 1.82) is 0 Å². The van der Waals surface area contributed by atoms with Crippen molar-refractivity contribution in [2.24, 2.45) is 5.92 Å². The lowest BCUT2D eigenvalue weighted by atomic mass is 9.99. The monoisotopic (exact) mass is 1620 g/mol. The van der Waals surface area contributed by atoms with Crippen LogP contribution in [0.4, 0.5) is 0 Å². The van der Waals surface area contributed by atoms with E-state index in [4.69, 9.17) is 37.0 Å². The minimum Gasteiger partial charge on any atom is -0.462 e. The number of ether oxygens (including phenoxy) is 4. The van der Waals surface area contributed by atoms with Gasteiger partial charge in [-0.2, -0.15) is 0 Å². The fourth-order valence-corrected chi connectivity index (χ4v) is 16.1. The van der Waals surface area contributed by atoms with Gasteiger partial charge in [0.25, 0.3) is 0 Å². The molecule has 111 heavy (non-hydrogen) atoms. The number of phosphoric acid groups is 2. The summed E-state index contributed by atoms with van der Waals surface area (Å²) in [5.41, 5.74) is 0. The molecule has 0 aromatic carbocycles. The van der Waals surface area contributed by atoms with Gasteiger partial charge in [-0.25, -0.2) is 9.13 Å². The van der Waals surface area contributed by atoms with Crippen molar-refractivity contribution in [1.82, 2.24) is 0 Å². The summed E-state index contributed by atoms with van der Waals surface area (Å²) in [5, 5.41) is 10.7. The van der Waals surface area contributed by atoms with Crippen molar-refractivity contribution < 1.29 is 80.2 Å². The van der Waals surface area contributed by atoms with E-state index in [2.05, 4.69) is 34.6 Å². The van der Waals surface area contributed by atoms with Crippen LogP contribution in [0.3, 0.4) is 0 Å². The summed E-state index contributed by atoms with van der Waals surface area (Å²) >= 11 is 0. The van der Waals surface area contributed by atoms with E-state index in [-0.39, 0.29) is 25.7 Å². The summed E-state index contributed by atoms with van der Waals surface area (Å²) in [6, 6.07) is 0. The summed E-state index contributed by atoms with van der Waals surface area (Å²) in [4.78, 5) is 73.4. The van der Waals surface area contributed by atoms with Crippen LogP contribution >= 0.6 is 15.6 Å². The van der Waals surface area contributed by atoms with E-state index in [1.807, 2.05) is 0 Å². The van der Waals surface area contributed by atoms with Gasteiger partial charge in [0.15, 0.2) is 12.2 Å². The molecule has 17 nitrogen and oxygen atoms in total. The molecule has 0 bridgehead atoms. The van der Waals surface area contributed by atoms with Gasteiger partial charge in [-0.1, -0.05) is 452 Å². The third kappa shape index (κ3) is 84.3. The number of phosphoric ester groups is 2. The van der Waals surface area contributed by atoms with Gasteiger partial charge >= 0.3 is 39.5 Å². The molecule has 0 amide bonds. The Morgan fingerprint density at radius 3 is 0.640 bits per heavy atom. The predicted molar refractivity (Wildman–Crippen MR) is 460 cm³/mol. The lowest BCUT2D eigenvalue weighted by Gasteiger charge is -2.21. The number of aliphatic hydroxyl groups is 1. The summed E-state index contributed by atoms with van der Waals surface area (Å²) < 4.78 is 69.1. The molecule has 0 aliphatic rings. The summed E-state index contributed by atoms with van der Waals surface area (Å²) in [6.07, 6.45) is 80.6. The first-order valence-electron chi connectivity index (χ1n) is 47.7. The molecule has 19 heteroatoms. The normalized spacial score (nSPS) is 13.9. The lowest BCUT2D eigenvalue weighted by molar-refractivity contribution is -0.161. The highest BCUT2D eigenvalue weighted by Gasteiger charge is 2.31. The number of hydrogen-bond donors (Lipinski definition) is 3. The SMILES string of the molecule is CCCCCCCCCCCCCCCCCCCCCCC(=O)OC[C@H](COP(=O)(O)OC[C@@H](O)COP(=O)(O)OC[C@@H](COC(=O)CCCCCCCCCCCC)OC(=O)CCCCCCCCCCCCCCCCCCCCC)OC(=O)CCCCCCCCCCCCCCCCCCCCC(C)CC. The molecular formula is C92H180O17P2. The molecule has 0 aromatic rings. The Morgan fingerprint density at radius 2 is 0.432 bits per heavy atom. The minimum absolute atomic E-state index is 0.109. The van der Waals surface area contributed by atoms with E-state index < -0.39 is 97.5 Å².